The third kappa shape index (κ3) is 4.60. The van der Waals surface area contributed by atoms with Crippen LogP contribution in [0.4, 0.5) is 0 Å². The second-order valence-corrected chi connectivity index (χ2v) is 5.05. The molecule has 0 saturated carbocycles. The first-order chi connectivity index (χ1) is 7.67. The van der Waals surface area contributed by atoms with Gasteiger partial charge in [-0.05, 0) is 17.7 Å². The fraction of sp³-hybridized carbons (Fsp3) is 0.455. The number of rotatable bonds is 6. The van der Waals surface area contributed by atoms with Crippen molar-refractivity contribution in [3.63, 3.8) is 0 Å². The molecule has 0 fully saturated rings. The molecule has 0 heterocycles. The van der Waals surface area contributed by atoms with Gasteiger partial charge in [0.15, 0.2) is 0 Å². The minimum atomic E-state index is 0.145. The minimum absolute atomic E-state index is 0.145. The molecular formula is C11H14BrCl2NO. The van der Waals surface area contributed by atoms with E-state index in [2.05, 4.69) is 21.2 Å². The number of methoxy groups -OCH3 is 1. The van der Waals surface area contributed by atoms with Crippen LogP contribution >= 0.6 is 39.1 Å². The Morgan fingerprint density at radius 1 is 1.50 bits per heavy atom. The fourth-order valence-corrected chi connectivity index (χ4v) is 2.22. The molecule has 2 nitrogen and oxygen atoms in total. The van der Waals surface area contributed by atoms with E-state index in [0.29, 0.717) is 19.0 Å². The largest absolute Gasteiger partial charge is 0.383 e. The zero-order valence-electron chi connectivity index (χ0n) is 8.97. The molecule has 0 radical (unpaired) electrons. The van der Waals surface area contributed by atoms with E-state index in [1.54, 1.807) is 7.11 Å². The number of hydrogen-bond donors (Lipinski definition) is 1. The van der Waals surface area contributed by atoms with Crippen molar-refractivity contribution in [3.05, 3.63) is 33.3 Å². The van der Waals surface area contributed by atoms with E-state index in [9.17, 15) is 0 Å². The van der Waals surface area contributed by atoms with E-state index in [4.69, 9.17) is 27.9 Å². The number of benzene rings is 1. The van der Waals surface area contributed by atoms with E-state index < -0.39 is 0 Å². The highest BCUT2D eigenvalue weighted by Gasteiger charge is 2.07. The van der Waals surface area contributed by atoms with Crippen LogP contribution in [0.1, 0.15) is 5.56 Å². The van der Waals surface area contributed by atoms with E-state index in [1.807, 2.05) is 18.2 Å². The van der Waals surface area contributed by atoms with Crippen molar-refractivity contribution < 1.29 is 4.74 Å². The van der Waals surface area contributed by atoms with Crippen molar-refractivity contribution in [1.82, 2.24) is 5.32 Å². The summed E-state index contributed by atoms with van der Waals surface area (Å²) in [6.07, 6.45) is 0. The Morgan fingerprint density at radius 3 is 2.81 bits per heavy atom. The van der Waals surface area contributed by atoms with Gasteiger partial charge in [-0.25, -0.2) is 0 Å². The molecule has 1 unspecified atom stereocenters. The quantitative estimate of drug-likeness (QED) is 0.808. The molecule has 0 aliphatic heterocycles. The lowest BCUT2D eigenvalue weighted by Gasteiger charge is -2.15. The summed E-state index contributed by atoms with van der Waals surface area (Å²) in [5.74, 6) is 0.516. The van der Waals surface area contributed by atoms with Crippen LogP contribution < -0.4 is 5.32 Å². The van der Waals surface area contributed by atoms with Gasteiger partial charge in [0.1, 0.15) is 0 Å². The van der Waals surface area contributed by atoms with Gasteiger partial charge >= 0.3 is 0 Å². The molecule has 1 rings (SSSR count). The molecule has 0 bridgehead atoms. The Kier molecular flexibility index (Phi) is 6.70. The van der Waals surface area contributed by atoms with Crippen LogP contribution in [0.15, 0.2) is 22.7 Å². The van der Waals surface area contributed by atoms with Crippen LogP contribution in [0.5, 0.6) is 0 Å². The second kappa shape index (κ2) is 7.51. The van der Waals surface area contributed by atoms with Gasteiger partial charge < -0.3 is 10.1 Å². The van der Waals surface area contributed by atoms with Crippen LogP contribution in [0.3, 0.4) is 0 Å². The molecule has 0 saturated heterocycles. The summed E-state index contributed by atoms with van der Waals surface area (Å²) in [6.45, 7) is 1.28. The zero-order valence-corrected chi connectivity index (χ0v) is 12.1. The van der Waals surface area contributed by atoms with Gasteiger partial charge in [-0.2, -0.15) is 0 Å². The van der Waals surface area contributed by atoms with Gasteiger partial charge in [0.25, 0.3) is 0 Å². The second-order valence-electron chi connectivity index (χ2n) is 3.42. The molecule has 0 aliphatic rings. The topological polar surface area (TPSA) is 21.3 Å². The van der Waals surface area contributed by atoms with E-state index in [1.165, 1.54) is 0 Å². The average Bonchev–Trinajstić information content (AvgIpc) is 2.26. The van der Waals surface area contributed by atoms with Gasteiger partial charge in [-0.3, -0.25) is 0 Å². The lowest BCUT2D eigenvalue weighted by molar-refractivity contribution is 0.172. The maximum Gasteiger partial charge on any atom is 0.0627 e. The first-order valence-corrected chi connectivity index (χ1v) is 6.60. The van der Waals surface area contributed by atoms with Crippen molar-refractivity contribution >= 4 is 39.1 Å². The number of ether oxygens (including phenoxy) is 1. The standard InChI is InChI=1S/C11H14BrCl2NO/c1-16-7-10(5-13)15-6-8-2-3-9(12)4-11(8)14/h2-4,10,15H,5-7H2,1H3. The number of nitrogens with one attached hydrogen (secondary N) is 1. The molecule has 0 aromatic heterocycles. The van der Waals surface area contributed by atoms with Gasteiger partial charge in [0.05, 0.1) is 6.61 Å². The van der Waals surface area contributed by atoms with Gasteiger partial charge in [-0.1, -0.05) is 33.6 Å². The Hall–Kier alpha value is 0.200. The molecule has 1 N–H and O–H groups in total. The van der Waals surface area contributed by atoms with Crippen molar-refractivity contribution in [1.29, 1.82) is 0 Å². The minimum Gasteiger partial charge on any atom is -0.383 e. The Labute approximate surface area is 114 Å². The summed E-state index contributed by atoms with van der Waals surface area (Å²) in [5.41, 5.74) is 1.05. The molecule has 0 spiro atoms. The third-order valence-corrected chi connectivity index (χ3v) is 3.37. The van der Waals surface area contributed by atoms with Gasteiger partial charge in [0.2, 0.25) is 0 Å². The van der Waals surface area contributed by atoms with Crippen LogP contribution in [0, 0.1) is 0 Å². The van der Waals surface area contributed by atoms with Crippen LogP contribution in [0.25, 0.3) is 0 Å². The molecule has 16 heavy (non-hydrogen) atoms. The molecule has 90 valence electrons. The fourth-order valence-electron chi connectivity index (χ4n) is 1.28. The molecular weight excluding hydrogens is 313 g/mol. The smallest absolute Gasteiger partial charge is 0.0627 e. The molecule has 1 aromatic rings. The first kappa shape index (κ1) is 14.3. The number of halogens is 3. The highest BCUT2D eigenvalue weighted by atomic mass is 79.9. The predicted molar refractivity (Wildman–Crippen MR) is 72.4 cm³/mol. The molecule has 1 aromatic carbocycles. The Balaban J connectivity index is 2.53. The van der Waals surface area contributed by atoms with Crippen molar-refractivity contribution in [2.75, 3.05) is 19.6 Å². The lowest BCUT2D eigenvalue weighted by atomic mass is 10.2. The summed E-state index contributed by atoms with van der Waals surface area (Å²) < 4.78 is 6.02. The lowest BCUT2D eigenvalue weighted by Crippen LogP contribution is -2.34. The summed E-state index contributed by atoms with van der Waals surface area (Å²) in [5, 5.41) is 4.03. The third-order valence-electron chi connectivity index (χ3n) is 2.15. The van der Waals surface area contributed by atoms with Crippen molar-refractivity contribution in [2.24, 2.45) is 0 Å². The SMILES string of the molecule is COCC(CCl)NCc1ccc(Br)cc1Cl. The monoisotopic (exact) mass is 325 g/mol. The van der Waals surface area contributed by atoms with Crippen molar-refractivity contribution in [3.8, 4) is 0 Å². The highest BCUT2D eigenvalue weighted by molar-refractivity contribution is 9.10. The van der Waals surface area contributed by atoms with E-state index in [0.717, 1.165) is 15.1 Å². The van der Waals surface area contributed by atoms with E-state index in [-0.39, 0.29) is 6.04 Å². The van der Waals surface area contributed by atoms with Gasteiger partial charge in [-0.15, -0.1) is 11.6 Å². The van der Waals surface area contributed by atoms with Crippen LogP contribution in [-0.2, 0) is 11.3 Å². The average molecular weight is 327 g/mol. The maximum atomic E-state index is 6.10. The summed E-state index contributed by atoms with van der Waals surface area (Å²) in [4.78, 5) is 0. The number of alkyl halides is 1. The molecule has 0 amide bonds. The number of hydrogen-bond acceptors (Lipinski definition) is 2. The molecule has 0 aliphatic carbocycles. The van der Waals surface area contributed by atoms with Crippen LogP contribution in [-0.4, -0.2) is 25.6 Å². The van der Waals surface area contributed by atoms with Crippen LogP contribution in [0.2, 0.25) is 5.02 Å². The van der Waals surface area contributed by atoms with Gasteiger partial charge in [0, 0.05) is 35.1 Å². The Morgan fingerprint density at radius 2 is 2.25 bits per heavy atom. The highest BCUT2D eigenvalue weighted by Crippen LogP contribution is 2.21. The maximum absolute atomic E-state index is 6.10. The molecule has 1 atom stereocenters. The predicted octanol–water partition coefficient (Wildman–Crippen LogP) is 3.45. The zero-order chi connectivity index (χ0) is 12.0. The first-order valence-electron chi connectivity index (χ1n) is 4.89. The Bertz CT molecular complexity index is 336. The normalized spacial score (nSPS) is 12.8. The van der Waals surface area contributed by atoms with Crippen molar-refractivity contribution in [2.45, 2.75) is 12.6 Å². The summed E-state index contributed by atoms with van der Waals surface area (Å²) in [6, 6.07) is 5.98. The molecule has 5 heteroatoms. The van der Waals surface area contributed by atoms with E-state index >= 15 is 0 Å². The summed E-state index contributed by atoms with van der Waals surface area (Å²) in [7, 11) is 1.66. The summed E-state index contributed by atoms with van der Waals surface area (Å²) >= 11 is 15.3.